The summed E-state index contributed by atoms with van der Waals surface area (Å²) in [7, 11) is 3.34. The molecule has 6 heteroatoms. The summed E-state index contributed by atoms with van der Waals surface area (Å²) < 4.78 is 11.4. The van der Waals surface area contributed by atoms with Gasteiger partial charge in [-0.15, -0.1) is 0 Å². The summed E-state index contributed by atoms with van der Waals surface area (Å²) in [6.07, 6.45) is 1.66. The van der Waals surface area contributed by atoms with Crippen LogP contribution in [-0.4, -0.2) is 31.8 Å². The van der Waals surface area contributed by atoms with Gasteiger partial charge in [0.1, 0.15) is 5.60 Å². The molecule has 0 N–H and O–H groups in total. The van der Waals surface area contributed by atoms with Crippen LogP contribution in [0, 0.1) is 0 Å². The van der Waals surface area contributed by atoms with Crippen molar-refractivity contribution in [2.75, 3.05) is 19.0 Å². The molecule has 0 saturated carbocycles. The average Bonchev–Trinajstić information content (AvgIpc) is 2.53. The highest BCUT2D eigenvalue weighted by Crippen LogP contribution is 2.30. The molecule has 18 heavy (non-hydrogen) atoms. The normalized spacial score (nSPS) is 17.8. The van der Waals surface area contributed by atoms with Gasteiger partial charge in [0.05, 0.1) is 11.4 Å². The highest BCUT2D eigenvalue weighted by Gasteiger charge is 2.43. The number of hydrogen-bond donors (Lipinski definition) is 0. The van der Waals surface area contributed by atoms with Gasteiger partial charge in [-0.25, -0.2) is 4.98 Å². The summed E-state index contributed by atoms with van der Waals surface area (Å²) in [6, 6.07) is 1.91. The molecule has 1 aromatic rings. The summed E-state index contributed by atoms with van der Waals surface area (Å²) in [6.45, 7) is 7.70. The molecule has 0 amide bonds. The number of hydrogen-bond acceptors (Lipinski definition) is 4. The van der Waals surface area contributed by atoms with E-state index in [0.29, 0.717) is 10.9 Å². The van der Waals surface area contributed by atoms with Crippen LogP contribution in [0.3, 0.4) is 0 Å². The first-order valence-corrected chi connectivity index (χ1v) is 6.05. The number of nitrogens with zero attached hydrogens (tertiary/aromatic N) is 2. The fraction of sp³-hybridized carbons (Fsp3) is 0.417. The lowest BCUT2D eigenvalue weighted by atomic mass is 9.80. The fourth-order valence-electron chi connectivity index (χ4n) is 1.66. The first-order valence-electron chi connectivity index (χ1n) is 5.68. The van der Waals surface area contributed by atoms with E-state index in [0.717, 1.165) is 11.2 Å². The van der Waals surface area contributed by atoms with Gasteiger partial charge in [0.25, 0.3) is 0 Å². The zero-order valence-corrected chi connectivity index (χ0v) is 11.8. The van der Waals surface area contributed by atoms with Gasteiger partial charge in [0.2, 0.25) is 0 Å². The Hall–Kier alpha value is -1.20. The van der Waals surface area contributed by atoms with Crippen molar-refractivity contribution in [1.82, 2.24) is 4.98 Å². The monoisotopic (exact) mass is 266 g/mol. The van der Waals surface area contributed by atoms with Gasteiger partial charge >= 0.3 is 7.12 Å². The van der Waals surface area contributed by atoms with Crippen LogP contribution in [0.5, 0.6) is 0 Å². The average molecular weight is 267 g/mol. The van der Waals surface area contributed by atoms with E-state index >= 15 is 0 Å². The Balaban J connectivity index is 2.31. The van der Waals surface area contributed by atoms with Gasteiger partial charge in [-0.2, -0.15) is 0 Å². The number of anilines is 1. The minimum Gasteiger partial charge on any atom is -0.534 e. The van der Waals surface area contributed by atoms with Crippen LogP contribution in [-0.2, 0) is 9.31 Å². The third-order valence-corrected chi connectivity index (χ3v) is 3.21. The van der Waals surface area contributed by atoms with Crippen molar-refractivity contribution in [1.29, 1.82) is 0 Å². The second kappa shape index (κ2) is 4.48. The van der Waals surface area contributed by atoms with Crippen LogP contribution in [0.15, 0.2) is 24.6 Å². The third-order valence-electron chi connectivity index (χ3n) is 2.92. The molecule has 2 heterocycles. The standard InChI is InChI=1S/C12H16BClN2O2/c1-8-12(2,3)18-13(17-8)9-6-10(16(4)5)11(14)15-7-9/h6-7H,1H2,2-5H3. The Kier molecular flexibility index (Phi) is 3.30. The molecule has 1 aliphatic rings. The molecule has 0 aliphatic carbocycles. The number of rotatable bonds is 2. The number of aromatic nitrogens is 1. The van der Waals surface area contributed by atoms with Crippen molar-refractivity contribution < 1.29 is 9.31 Å². The van der Waals surface area contributed by atoms with Gasteiger partial charge in [-0.05, 0) is 19.9 Å². The maximum absolute atomic E-state index is 6.03. The molecule has 0 spiro atoms. The van der Waals surface area contributed by atoms with Crippen molar-refractivity contribution in [3.8, 4) is 0 Å². The molecular formula is C12H16BClN2O2. The molecule has 0 radical (unpaired) electrons. The lowest BCUT2D eigenvalue weighted by Gasteiger charge is -2.16. The Morgan fingerprint density at radius 2 is 2.11 bits per heavy atom. The summed E-state index contributed by atoms with van der Waals surface area (Å²) in [5.41, 5.74) is 1.18. The zero-order valence-electron chi connectivity index (χ0n) is 11.0. The van der Waals surface area contributed by atoms with E-state index in [1.54, 1.807) is 6.20 Å². The van der Waals surface area contributed by atoms with Crippen LogP contribution in [0.25, 0.3) is 0 Å². The molecule has 1 saturated heterocycles. The van der Waals surface area contributed by atoms with Crippen LogP contribution >= 0.6 is 11.6 Å². The minimum absolute atomic E-state index is 0.458. The molecule has 0 atom stereocenters. The van der Waals surface area contributed by atoms with Gasteiger partial charge in [0, 0.05) is 25.8 Å². The van der Waals surface area contributed by atoms with E-state index in [1.165, 1.54) is 0 Å². The third kappa shape index (κ3) is 2.33. The van der Waals surface area contributed by atoms with Crippen LogP contribution in [0.2, 0.25) is 5.15 Å². The second-order valence-electron chi connectivity index (χ2n) is 4.97. The van der Waals surface area contributed by atoms with E-state index in [2.05, 4.69) is 11.6 Å². The quantitative estimate of drug-likeness (QED) is 0.604. The molecule has 2 rings (SSSR count). The highest BCUT2D eigenvalue weighted by atomic mass is 35.5. The van der Waals surface area contributed by atoms with Gasteiger partial charge in [0.15, 0.2) is 5.15 Å². The number of pyridine rings is 1. The molecule has 0 aromatic carbocycles. The first-order chi connectivity index (χ1) is 8.31. The van der Waals surface area contributed by atoms with E-state index in [9.17, 15) is 0 Å². The fourth-order valence-corrected chi connectivity index (χ4v) is 1.93. The van der Waals surface area contributed by atoms with E-state index < -0.39 is 12.7 Å². The molecule has 1 aliphatic heterocycles. The predicted octanol–water partition coefficient (Wildman–Crippen LogP) is 1.84. The molecular weight excluding hydrogens is 250 g/mol. The molecule has 1 aromatic heterocycles. The lowest BCUT2D eigenvalue weighted by molar-refractivity contribution is 0.173. The number of halogens is 1. The topological polar surface area (TPSA) is 34.6 Å². The minimum atomic E-state index is -0.484. The molecule has 0 unspecified atom stereocenters. The van der Waals surface area contributed by atoms with E-state index in [-0.39, 0.29) is 0 Å². The summed E-state index contributed by atoms with van der Waals surface area (Å²) in [5.74, 6) is 0.619. The van der Waals surface area contributed by atoms with Crippen molar-refractivity contribution in [3.05, 3.63) is 29.8 Å². The summed E-state index contributed by atoms with van der Waals surface area (Å²) >= 11 is 6.03. The largest absolute Gasteiger partial charge is 0.565 e. The zero-order chi connectivity index (χ0) is 13.5. The Morgan fingerprint density at radius 1 is 1.44 bits per heavy atom. The highest BCUT2D eigenvalue weighted by molar-refractivity contribution is 6.62. The first kappa shape index (κ1) is 13.2. The Bertz CT molecular complexity index is 491. The smallest absolute Gasteiger partial charge is 0.534 e. The van der Waals surface area contributed by atoms with Crippen LogP contribution in [0.4, 0.5) is 5.69 Å². The van der Waals surface area contributed by atoms with Gasteiger partial charge in [-0.1, -0.05) is 18.2 Å². The Labute approximate surface area is 113 Å². The van der Waals surface area contributed by atoms with Crippen molar-refractivity contribution in [2.24, 2.45) is 0 Å². The van der Waals surface area contributed by atoms with Gasteiger partial charge in [-0.3, -0.25) is 0 Å². The van der Waals surface area contributed by atoms with Crippen LogP contribution in [0.1, 0.15) is 13.8 Å². The molecule has 1 fully saturated rings. The predicted molar refractivity (Wildman–Crippen MR) is 74.4 cm³/mol. The Morgan fingerprint density at radius 3 is 2.61 bits per heavy atom. The summed E-state index contributed by atoms with van der Waals surface area (Å²) in [4.78, 5) is 6.05. The molecule has 4 nitrogen and oxygen atoms in total. The maximum Gasteiger partial charge on any atom is 0.565 e. The molecule has 0 bridgehead atoms. The van der Waals surface area contributed by atoms with Crippen molar-refractivity contribution in [3.63, 3.8) is 0 Å². The summed E-state index contributed by atoms with van der Waals surface area (Å²) in [5, 5.41) is 0.458. The van der Waals surface area contributed by atoms with Crippen molar-refractivity contribution >= 4 is 29.9 Å². The van der Waals surface area contributed by atoms with E-state index in [1.807, 2.05) is 38.9 Å². The van der Waals surface area contributed by atoms with Crippen molar-refractivity contribution in [2.45, 2.75) is 19.4 Å². The van der Waals surface area contributed by atoms with Gasteiger partial charge < -0.3 is 14.2 Å². The SMILES string of the molecule is C=C1OB(c2cnc(Cl)c(N(C)C)c2)OC1(C)C. The molecule has 96 valence electrons. The van der Waals surface area contributed by atoms with Crippen LogP contribution < -0.4 is 10.4 Å². The second-order valence-corrected chi connectivity index (χ2v) is 5.33. The van der Waals surface area contributed by atoms with E-state index in [4.69, 9.17) is 20.9 Å². The maximum atomic E-state index is 6.03. The lowest BCUT2D eigenvalue weighted by Crippen LogP contribution is -2.35.